The van der Waals surface area contributed by atoms with Crippen LogP contribution in [0.5, 0.6) is 0 Å². The van der Waals surface area contributed by atoms with Crippen molar-refractivity contribution in [3.63, 3.8) is 0 Å². The molecule has 1 amide bonds. The summed E-state index contributed by atoms with van der Waals surface area (Å²) in [5.74, 6) is 0.139. The number of ether oxygens (including phenoxy) is 1. The second-order valence-corrected chi connectivity index (χ2v) is 8.48. The Kier molecular flexibility index (Phi) is 5.87. The van der Waals surface area contributed by atoms with Gasteiger partial charge in [0.15, 0.2) is 0 Å². The van der Waals surface area contributed by atoms with Crippen LogP contribution in [0.15, 0.2) is 24.3 Å². The van der Waals surface area contributed by atoms with E-state index in [0.29, 0.717) is 12.7 Å². The Balaban J connectivity index is 1.51. The van der Waals surface area contributed by atoms with Gasteiger partial charge in [-0.15, -0.1) is 0 Å². The number of hydrogen-bond donors (Lipinski definition) is 3. The van der Waals surface area contributed by atoms with Gasteiger partial charge >= 0.3 is 0 Å². The number of fused-ring (bicyclic) bond motifs is 1. The van der Waals surface area contributed by atoms with Gasteiger partial charge in [-0.25, -0.2) is 0 Å². The van der Waals surface area contributed by atoms with Gasteiger partial charge in [0.05, 0.1) is 32.0 Å². The van der Waals surface area contributed by atoms with Crippen LogP contribution in [0.3, 0.4) is 0 Å². The van der Waals surface area contributed by atoms with Crippen molar-refractivity contribution in [2.75, 3.05) is 44.9 Å². The molecule has 7 heteroatoms. The molecule has 0 aromatic heterocycles. The molecule has 3 aliphatic rings. The van der Waals surface area contributed by atoms with Gasteiger partial charge in [-0.2, -0.15) is 0 Å². The zero-order valence-electron chi connectivity index (χ0n) is 17.1. The molecule has 4 unspecified atom stereocenters. The molecule has 0 bridgehead atoms. The summed E-state index contributed by atoms with van der Waals surface area (Å²) in [4.78, 5) is 17.0. The minimum absolute atomic E-state index is 0.0366. The van der Waals surface area contributed by atoms with Crippen LogP contribution in [0.25, 0.3) is 0 Å². The van der Waals surface area contributed by atoms with E-state index in [4.69, 9.17) is 4.74 Å². The van der Waals surface area contributed by atoms with Gasteiger partial charge in [0, 0.05) is 44.0 Å². The molecular weight excluding hydrogens is 354 g/mol. The second-order valence-electron chi connectivity index (χ2n) is 8.48. The molecule has 0 radical (unpaired) electrons. The van der Waals surface area contributed by atoms with E-state index in [-0.39, 0.29) is 30.1 Å². The van der Waals surface area contributed by atoms with Crippen molar-refractivity contribution in [3.05, 3.63) is 29.8 Å². The zero-order valence-corrected chi connectivity index (χ0v) is 17.1. The van der Waals surface area contributed by atoms with Crippen molar-refractivity contribution < 1.29 is 9.53 Å². The highest BCUT2D eigenvalue weighted by Gasteiger charge is 2.45. The number of anilines is 1. The molecule has 4 rings (SSSR count). The maximum atomic E-state index is 12.8. The Morgan fingerprint density at radius 2 is 1.89 bits per heavy atom. The van der Waals surface area contributed by atoms with E-state index in [2.05, 4.69) is 59.0 Å². The summed E-state index contributed by atoms with van der Waals surface area (Å²) in [5.41, 5.74) is 2.53. The molecule has 154 valence electrons. The lowest BCUT2D eigenvalue weighted by atomic mass is 9.82. The fourth-order valence-electron chi connectivity index (χ4n) is 4.62. The first kappa shape index (κ1) is 19.6. The standard InChI is InChI=1S/C21H33N5O2/c1-14(2)23-20-19-18(22-13-25(3)21(19)27)12-17(24-20)15-4-6-16(7-5-15)26-8-10-28-11-9-26/h4-7,14,17-20,22-24H,8-13H2,1-3H3. The molecule has 0 spiro atoms. The number of carbonyl (C=O) groups is 1. The normalized spacial score (nSPS) is 31.2. The second kappa shape index (κ2) is 8.37. The monoisotopic (exact) mass is 387 g/mol. The Morgan fingerprint density at radius 1 is 1.18 bits per heavy atom. The number of morpholine rings is 1. The fraction of sp³-hybridized carbons (Fsp3) is 0.667. The molecule has 3 aliphatic heterocycles. The van der Waals surface area contributed by atoms with Crippen molar-refractivity contribution >= 4 is 11.6 Å². The summed E-state index contributed by atoms with van der Waals surface area (Å²) in [7, 11) is 1.87. The van der Waals surface area contributed by atoms with E-state index in [1.807, 2.05) is 7.05 Å². The number of piperidine rings is 1. The van der Waals surface area contributed by atoms with Crippen molar-refractivity contribution in [2.24, 2.45) is 5.92 Å². The molecular formula is C21H33N5O2. The van der Waals surface area contributed by atoms with Crippen LogP contribution in [0, 0.1) is 5.92 Å². The number of amides is 1. The first-order valence-electron chi connectivity index (χ1n) is 10.5. The lowest BCUT2D eigenvalue weighted by Gasteiger charge is -2.48. The van der Waals surface area contributed by atoms with Crippen LogP contribution >= 0.6 is 0 Å². The highest BCUT2D eigenvalue weighted by atomic mass is 16.5. The minimum Gasteiger partial charge on any atom is -0.378 e. The molecule has 4 atom stereocenters. The maximum Gasteiger partial charge on any atom is 0.230 e. The van der Waals surface area contributed by atoms with Crippen molar-refractivity contribution in [1.29, 1.82) is 0 Å². The lowest BCUT2D eigenvalue weighted by Crippen LogP contribution is -2.69. The van der Waals surface area contributed by atoms with Crippen LogP contribution < -0.4 is 20.9 Å². The summed E-state index contributed by atoms with van der Waals surface area (Å²) >= 11 is 0. The van der Waals surface area contributed by atoms with Crippen LogP contribution in [0.4, 0.5) is 5.69 Å². The number of nitrogens with zero attached hydrogens (tertiary/aromatic N) is 2. The predicted octanol–water partition coefficient (Wildman–Crippen LogP) is 0.886. The molecule has 3 saturated heterocycles. The average molecular weight is 388 g/mol. The third-order valence-corrected chi connectivity index (χ3v) is 6.10. The van der Waals surface area contributed by atoms with Gasteiger partial charge in [-0.1, -0.05) is 12.1 Å². The quantitative estimate of drug-likeness (QED) is 0.713. The minimum atomic E-state index is -0.0787. The summed E-state index contributed by atoms with van der Waals surface area (Å²) in [6.45, 7) is 8.37. The lowest BCUT2D eigenvalue weighted by molar-refractivity contribution is -0.142. The molecule has 0 aliphatic carbocycles. The molecule has 7 nitrogen and oxygen atoms in total. The fourth-order valence-corrected chi connectivity index (χ4v) is 4.62. The molecule has 3 N–H and O–H groups in total. The topological polar surface area (TPSA) is 68.9 Å². The van der Waals surface area contributed by atoms with Gasteiger partial charge in [0.25, 0.3) is 0 Å². The molecule has 1 aromatic carbocycles. The highest BCUT2D eigenvalue weighted by Crippen LogP contribution is 2.32. The summed E-state index contributed by atoms with van der Waals surface area (Å²) < 4.78 is 5.45. The average Bonchev–Trinajstić information content (AvgIpc) is 2.71. The Bertz CT molecular complexity index is 674. The smallest absolute Gasteiger partial charge is 0.230 e. The first-order chi connectivity index (χ1) is 13.5. The largest absolute Gasteiger partial charge is 0.378 e. The Morgan fingerprint density at radius 3 is 2.57 bits per heavy atom. The van der Waals surface area contributed by atoms with E-state index in [0.717, 1.165) is 32.7 Å². The Hall–Kier alpha value is -1.67. The molecule has 0 saturated carbocycles. The number of nitrogens with one attached hydrogen (secondary N) is 3. The SMILES string of the molecule is CC(C)NC1NC(c2ccc(N3CCOCC3)cc2)CC2NCN(C)C(=O)C21. The van der Waals surface area contributed by atoms with Gasteiger partial charge in [-0.3, -0.25) is 20.7 Å². The summed E-state index contributed by atoms with van der Waals surface area (Å²) in [5, 5.41) is 10.9. The van der Waals surface area contributed by atoms with Crippen molar-refractivity contribution in [1.82, 2.24) is 20.9 Å². The van der Waals surface area contributed by atoms with Gasteiger partial charge in [0.2, 0.25) is 5.91 Å². The van der Waals surface area contributed by atoms with Crippen LogP contribution in [-0.2, 0) is 9.53 Å². The molecule has 28 heavy (non-hydrogen) atoms. The Labute approximate surface area is 167 Å². The first-order valence-corrected chi connectivity index (χ1v) is 10.5. The van der Waals surface area contributed by atoms with E-state index in [9.17, 15) is 4.79 Å². The number of hydrogen-bond acceptors (Lipinski definition) is 6. The third kappa shape index (κ3) is 4.03. The van der Waals surface area contributed by atoms with E-state index < -0.39 is 0 Å². The third-order valence-electron chi connectivity index (χ3n) is 6.10. The molecule has 3 heterocycles. The van der Waals surface area contributed by atoms with E-state index in [1.165, 1.54) is 11.3 Å². The molecule has 3 fully saturated rings. The van der Waals surface area contributed by atoms with E-state index in [1.54, 1.807) is 4.90 Å². The number of carbonyl (C=O) groups excluding carboxylic acids is 1. The van der Waals surface area contributed by atoms with Crippen LogP contribution in [0.1, 0.15) is 31.9 Å². The highest BCUT2D eigenvalue weighted by molar-refractivity contribution is 5.81. The molecule has 1 aromatic rings. The maximum absolute atomic E-state index is 12.8. The van der Waals surface area contributed by atoms with E-state index >= 15 is 0 Å². The van der Waals surface area contributed by atoms with Crippen molar-refractivity contribution in [3.8, 4) is 0 Å². The van der Waals surface area contributed by atoms with Gasteiger partial charge in [-0.05, 0) is 38.0 Å². The van der Waals surface area contributed by atoms with Crippen LogP contribution in [-0.4, -0.2) is 69.1 Å². The zero-order chi connectivity index (χ0) is 19.7. The number of rotatable bonds is 4. The van der Waals surface area contributed by atoms with Crippen LogP contribution in [0.2, 0.25) is 0 Å². The van der Waals surface area contributed by atoms with Crippen molar-refractivity contribution in [2.45, 2.75) is 44.6 Å². The predicted molar refractivity (Wildman–Crippen MR) is 110 cm³/mol. The summed E-state index contributed by atoms with van der Waals surface area (Å²) in [6, 6.07) is 9.60. The van der Waals surface area contributed by atoms with Gasteiger partial charge in [0.1, 0.15) is 0 Å². The number of benzene rings is 1. The summed E-state index contributed by atoms with van der Waals surface area (Å²) in [6.07, 6.45) is 0.877. The van der Waals surface area contributed by atoms with Gasteiger partial charge < -0.3 is 14.5 Å².